The molecular weight excluding hydrogens is 274 g/mol. The quantitative estimate of drug-likeness (QED) is 0.813. The number of ether oxygens (including phenoxy) is 1. The predicted molar refractivity (Wildman–Crippen MR) is 89.6 cm³/mol. The molecule has 3 nitrogen and oxygen atoms in total. The van der Waals surface area contributed by atoms with E-state index in [4.69, 9.17) is 4.74 Å². The topological polar surface area (TPSA) is 32.7 Å². The van der Waals surface area contributed by atoms with Crippen LogP contribution >= 0.6 is 0 Å². The van der Waals surface area contributed by atoms with Crippen molar-refractivity contribution in [3.63, 3.8) is 0 Å². The highest BCUT2D eigenvalue weighted by atomic mass is 16.5. The van der Waals surface area contributed by atoms with E-state index in [0.29, 0.717) is 19.8 Å². The van der Waals surface area contributed by atoms with Gasteiger partial charge >= 0.3 is 0 Å². The normalized spacial score (nSPS) is 12.5. The summed E-state index contributed by atoms with van der Waals surface area (Å²) in [6.07, 6.45) is -0.474. The van der Waals surface area contributed by atoms with Crippen LogP contribution in [0.25, 0.3) is 0 Å². The van der Waals surface area contributed by atoms with E-state index in [1.54, 1.807) is 0 Å². The van der Waals surface area contributed by atoms with Gasteiger partial charge in [-0.25, -0.2) is 0 Å². The van der Waals surface area contributed by atoms with Gasteiger partial charge in [0.15, 0.2) is 0 Å². The van der Waals surface area contributed by atoms with E-state index in [2.05, 4.69) is 36.1 Å². The Balaban J connectivity index is 1.69. The Bertz CT molecular complexity index is 556. The van der Waals surface area contributed by atoms with Crippen molar-refractivity contribution in [3.05, 3.63) is 71.3 Å². The third-order valence-corrected chi connectivity index (χ3v) is 3.48. The minimum atomic E-state index is -0.474. The van der Waals surface area contributed by atoms with Gasteiger partial charge in [-0.1, -0.05) is 60.2 Å². The lowest BCUT2D eigenvalue weighted by atomic mass is 10.1. The lowest BCUT2D eigenvalue weighted by Gasteiger charge is -2.20. The van der Waals surface area contributed by atoms with Gasteiger partial charge in [0.05, 0.1) is 19.3 Å². The van der Waals surface area contributed by atoms with Crippen molar-refractivity contribution >= 4 is 0 Å². The van der Waals surface area contributed by atoms with E-state index < -0.39 is 6.10 Å². The Morgan fingerprint density at radius 1 is 1.05 bits per heavy atom. The molecule has 0 radical (unpaired) electrons. The first-order chi connectivity index (χ1) is 10.6. The Morgan fingerprint density at radius 3 is 2.50 bits per heavy atom. The third-order valence-electron chi connectivity index (χ3n) is 3.48. The van der Waals surface area contributed by atoms with E-state index in [0.717, 1.165) is 12.1 Å². The maximum Gasteiger partial charge on any atom is 0.0900 e. The van der Waals surface area contributed by atoms with Crippen molar-refractivity contribution < 1.29 is 9.84 Å². The molecule has 0 saturated heterocycles. The summed E-state index contributed by atoms with van der Waals surface area (Å²) >= 11 is 0. The second-order valence-corrected chi connectivity index (χ2v) is 5.84. The molecule has 0 aliphatic carbocycles. The fraction of sp³-hybridized carbons (Fsp3) is 0.368. The van der Waals surface area contributed by atoms with Gasteiger partial charge in [-0.3, -0.25) is 4.90 Å². The fourth-order valence-corrected chi connectivity index (χ4v) is 2.49. The molecule has 0 bridgehead atoms. The van der Waals surface area contributed by atoms with Gasteiger partial charge < -0.3 is 9.84 Å². The minimum absolute atomic E-state index is 0.354. The van der Waals surface area contributed by atoms with Crippen LogP contribution in [0.1, 0.15) is 16.7 Å². The van der Waals surface area contributed by atoms with Gasteiger partial charge in [-0.2, -0.15) is 0 Å². The lowest BCUT2D eigenvalue weighted by Crippen LogP contribution is -2.31. The zero-order chi connectivity index (χ0) is 15.8. The number of aliphatic hydroxyl groups excluding tert-OH is 1. The molecule has 0 spiro atoms. The van der Waals surface area contributed by atoms with Crippen LogP contribution in [0, 0.1) is 6.92 Å². The number of rotatable bonds is 8. The molecule has 118 valence electrons. The molecule has 1 N–H and O–H groups in total. The van der Waals surface area contributed by atoms with E-state index in [-0.39, 0.29) is 0 Å². The summed E-state index contributed by atoms with van der Waals surface area (Å²) in [7, 11) is 2.02. The average molecular weight is 299 g/mol. The zero-order valence-corrected chi connectivity index (χ0v) is 13.4. The third kappa shape index (κ3) is 5.98. The molecule has 1 unspecified atom stereocenters. The van der Waals surface area contributed by atoms with Gasteiger partial charge in [-0.15, -0.1) is 0 Å². The van der Waals surface area contributed by atoms with E-state index in [1.807, 2.05) is 37.4 Å². The summed E-state index contributed by atoms with van der Waals surface area (Å²) in [5.74, 6) is 0. The SMILES string of the molecule is Cc1cccc(CN(C)CC(O)COCc2ccccc2)c1. The van der Waals surface area contributed by atoms with Gasteiger partial charge in [-0.05, 0) is 25.1 Å². The molecule has 0 saturated carbocycles. The maximum atomic E-state index is 10.1. The first-order valence-corrected chi connectivity index (χ1v) is 7.67. The number of hydrogen-bond donors (Lipinski definition) is 1. The summed E-state index contributed by atoms with van der Waals surface area (Å²) in [5, 5.41) is 10.1. The Kier molecular flexibility index (Phi) is 6.59. The van der Waals surface area contributed by atoms with Crippen LogP contribution < -0.4 is 0 Å². The van der Waals surface area contributed by atoms with Crippen LogP contribution in [0.15, 0.2) is 54.6 Å². The van der Waals surface area contributed by atoms with Crippen LogP contribution in [-0.2, 0) is 17.9 Å². The fourth-order valence-electron chi connectivity index (χ4n) is 2.49. The van der Waals surface area contributed by atoms with Crippen LogP contribution in [0.2, 0.25) is 0 Å². The van der Waals surface area contributed by atoms with Crippen LogP contribution in [0.4, 0.5) is 0 Å². The first kappa shape index (κ1) is 16.7. The molecule has 1 atom stereocenters. The monoisotopic (exact) mass is 299 g/mol. The second kappa shape index (κ2) is 8.69. The Morgan fingerprint density at radius 2 is 1.77 bits per heavy atom. The van der Waals surface area contributed by atoms with E-state index in [1.165, 1.54) is 11.1 Å². The number of aryl methyl sites for hydroxylation is 1. The summed E-state index contributed by atoms with van der Waals surface area (Å²) in [4.78, 5) is 2.12. The number of aliphatic hydroxyl groups is 1. The van der Waals surface area contributed by atoms with Crippen LogP contribution in [-0.4, -0.2) is 36.3 Å². The summed E-state index contributed by atoms with van der Waals surface area (Å²) in [5.41, 5.74) is 3.65. The number of nitrogens with zero attached hydrogens (tertiary/aromatic N) is 1. The molecule has 0 aliphatic heterocycles. The number of benzene rings is 2. The molecule has 0 fully saturated rings. The molecular formula is C19H25NO2. The van der Waals surface area contributed by atoms with Crippen molar-refractivity contribution in [2.45, 2.75) is 26.2 Å². The number of hydrogen-bond acceptors (Lipinski definition) is 3. The van der Waals surface area contributed by atoms with Crippen molar-refractivity contribution in [1.29, 1.82) is 0 Å². The summed E-state index contributed by atoms with van der Waals surface area (Å²) < 4.78 is 5.58. The predicted octanol–water partition coefficient (Wildman–Crippen LogP) is 3.00. The summed E-state index contributed by atoms with van der Waals surface area (Å²) in [6, 6.07) is 18.5. The molecule has 2 aromatic carbocycles. The maximum absolute atomic E-state index is 10.1. The summed E-state index contributed by atoms with van der Waals surface area (Å²) in [6.45, 7) is 4.42. The lowest BCUT2D eigenvalue weighted by molar-refractivity contribution is 0.0127. The zero-order valence-electron chi connectivity index (χ0n) is 13.4. The van der Waals surface area contributed by atoms with Gasteiger partial charge in [0, 0.05) is 13.1 Å². The molecule has 0 aromatic heterocycles. The Hall–Kier alpha value is -1.68. The average Bonchev–Trinajstić information content (AvgIpc) is 2.48. The van der Waals surface area contributed by atoms with Crippen LogP contribution in [0.3, 0.4) is 0 Å². The van der Waals surface area contributed by atoms with Crippen molar-refractivity contribution in [3.8, 4) is 0 Å². The molecule has 0 heterocycles. The molecule has 0 aliphatic rings. The molecule has 2 rings (SSSR count). The molecule has 2 aromatic rings. The molecule has 3 heteroatoms. The Labute approximate surface area is 133 Å². The highest BCUT2D eigenvalue weighted by molar-refractivity contribution is 5.22. The largest absolute Gasteiger partial charge is 0.389 e. The van der Waals surface area contributed by atoms with Crippen LogP contribution in [0.5, 0.6) is 0 Å². The van der Waals surface area contributed by atoms with E-state index in [9.17, 15) is 5.11 Å². The van der Waals surface area contributed by atoms with Crippen molar-refractivity contribution in [1.82, 2.24) is 4.90 Å². The standard InChI is InChI=1S/C19H25NO2/c1-16-7-6-10-18(11-16)12-20(2)13-19(21)15-22-14-17-8-4-3-5-9-17/h3-11,19,21H,12-15H2,1-2H3. The minimum Gasteiger partial charge on any atom is -0.389 e. The highest BCUT2D eigenvalue weighted by Crippen LogP contribution is 2.07. The molecule has 0 amide bonds. The van der Waals surface area contributed by atoms with Gasteiger partial charge in [0.1, 0.15) is 0 Å². The van der Waals surface area contributed by atoms with Crippen molar-refractivity contribution in [2.75, 3.05) is 20.2 Å². The highest BCUT2D eigenvalue weighted by Gasteiger charge is 2.09. The van der Waals surface area contributed by atoms with Crippen molar-refractivity contribution in [2.24, 2.45) is 0 Å². The second-order valence-electron chi connectivity index (χ2n) is 5.84. The first-order valence-electron chi connectivity index (χ1n) is 7.67. The van der Waals surface area contributed by atoms with Gasteiger partial charge in [0.2, 0.25) is 0 Å². The smallest absolute Gasteiger partial charge is 0.0900 e. The number of likely N-dealkylation sites (N-methyl/N-ethyl adjacent to an activating group) is 1. The van der Waals surface area contributed by atoms with E-state index >= 15 is 0 Å². The van der Waals surface area contributed by atoms with Gasteiger partial charge in [0.25, 0.3) is 0 Å². The molecule has 22 heavy (non-hydrogen) atoms.